The predicted octanol–water partition coefficient (Wildman–Crippen LogP) is 2.75. The third-order valence-corrected chi connectivity index (χ3v) is 6.26. The zero-order valence-electron chi connectivity index (χ0n) is 19.4. The second-order valence-corrected chi connectivity index (χ2v) is 8.38. The average Bonchev–Trinajstić information content (AvgIpc) is 3.14. The summed E-state index contributed by atoms with van der Waals surface area (Å²) in [5, 5.41) is 22.6. The number of aliphatic hydroxyl groups is 1. The molecule has 0 spiro atoms. The second kappa shape index (κ2) is 10.7. The van der Waals surface area contributed by atoms with Crippen LogP contribution < -0.4 is 4.74 Å². The number of non-ortho nitro benzene ring substituents is 1. The van der Waals surface area contributed by atoms with Gasteiger partial charge in [-0.15, -0.1) is 0 Å². The van der Waals surface area contributed by atoms with Crippen molar-refractivity contribution in [2.24, 2.45) is 0 Å². The Morgan fingerprint density at radius 3 is 2.60 bits per heavy atom. The molecule has 4 rings (SSSR count). The molecule has 2 aromatic rings. The minimum absolute atomic E-state index is 0.102. The van der Waals surface area contributed by atoms with Crippen molar-refractivity contribution in [3.8, 4) is 5.75 Å². The van der Waals surface area contributed by atoms with Gasteiger partial charge in [-0.25, -0.2) is 0 Å². The van der Waals surface area contributed by atoms with E-state index in [1.54, 1.807) is 30.3 Å². The van der Waals surface area contributed by atoms with Crippen molar-refractivity contribution in [3.63, 3.8) is 0 Å². The number of hydrogen-bond acceptors (Lipinski definition) is 8. The number of rotatable bonds is 8. The van der Waals surface area contributed by atoms with E-state index in [-0.39, 0.29) is 23.6 Å². The molecular weight excluding hydrogens is 454 g/mol. The van der Waals surface area contributed by atoms with Crippen LogP contribution in [0.5, 0.6) is 5.75 Å². The van der Waals surface area contributed by atoms with E-state index in [1.807, 2.05) is 0 Å². The van der Waals surface area contributed by atoms with Gasteiger partial charge in [0.25, 0.3) is 17.4 Å². The molecule has 2 aromatic carbocycles. The highest BCUT2D eigenvalue weighted by Crippen LogP contribution is 2.40. The van der Waals surface area contributed by atoms with Crippen LogP contribution in [0, 0.1) is 10.1 Å². The number of nitro benzene ring substituents is 1. The van der Waals surface area contributed by atoms with Crippen LogP contribution in [-0.4, -0.2) is 78.0 Å². The lowest BCUT2D eigenvalue weighted by molar-refractivity contribution is -0.384. The zero-order chi connectivity index (χ0) is 24.9. The van der Waals surface area contributed by atoms with Gasteiger partial charge in [0.05, 0.1) is 36.9 Å². The Morgan fingerprint density at radius 1 is 1.14 bits per heavy atom. The number of ketones is 1. The lowest BCUT2D eigenvalue weighted by atomic mass is 9.95. The number of methoxy groups -OCH3 is 1. The van der Waals surface area contributed by atoms with Crippen LogP contribution in [0.4, 0.5) is 5.69 Å². The SMILES string of the molecule is COc1cccc(C(O)=C2C(=O)C(=O)N(CCCN3CCOCC3)[C@H]2c2cccc([N+](=O)[O-])c2)c1. The minimum atomic E-state index is -0.953. The van der Waals surface area contributed by atoms with Crippen LogP contribution in [0.1, 0.15) is 23.6 Å². The van der Waals surface area contributed by atoms with Crippen molar-refractivity contribution in [1.29, 1.82) is 0 Å². The molecule has 184 valence electrons. The van der Waals surface area contributed by atoms with E-state index in [9.17, 15) is 24.8 Å². The number of morpholine rings is 1. The number of aliphatic hydroxyl groups excluding tert-OH is 1. The van der Waals surface area contributed by atoms with Crippen molar-refractivity contribution in [3.05, 3.63) is 75.3 Å². The highest BCUT2D eigenvalue weighted by atomic mass is 16.6. The molecule has 2 fully saturated rings. The van der Waals surface area contributed by atoms with E-state index >= 15 is 0 Å². The number of likely N-dealkylation sites (tertiary alicyclic amines) is 1. The molecule has 0 unspecified atom stereocenters. The molecule has 10 nitrogen and oxygen atoms in total. The molecule has 0 bridgehead atoms. The fourth-order valence-electron chi connectivity index (χ4n) is 4.48. The molecular formula is C25H27N3O7. The van der Waals surface area contributed by atoms with Gasteiger partial charge in [0.15, 0.2) is 0 Å². The number of benzene rings is 2. The van der Waals surface area contributed by atoms with Crippen LogP contribution in [0.15, 0.2) is 54.1 Å². The molecule has 2 heterocycles. The van der Waals surface area contributed by atoms with Gasteiger partial charge in [0.2, 0.25) is 0 Å². The third kappa shape index (κ3) is 5.18. The number of Topliss-reactive ketones (excluding diaryl/α,β-unsaturated/α-hetero) is 1. The number of nitrogens with zero attached hydrogens (tertiary/aromatic N) is 3. The Bertz CT molecular complexity index is 1160. The predicted molar refractivity (Wildman–Crippen MR) is 127 cm³/mol. The van der Waals surface area contributed by atoms with Crippen LogP contribution in [0.2, 0.25) is 0 Å². The Hall–Kier alpha value is -3.76. The van der Waals surface area contributed by atoms with E-state index < -0.39 is 22.7 Å². The van der Waals surface area contributed by atoms with Gasteiger partial charge in [-0.1, -0.05) is 24.3 Å². The Balaban J connectivity index is 1.72. The molecule has 2 aliphatic heterocycles. The maximum Gasteiger partial charge on any atom is 0.295 e. The summed E-state index contributed by atoms with van der Waals surface area (Å²) in [6.45, 7) is 3.86. The summed E-state index contributed by atoms with van der Waals surface area (Å²) in [5.41, 5.74) is 0.429. The molecule has 0 saturated carbocycles. The molecule has 0 aliphatic carbocycles. The lowest BCUT2D eigenvalue weighted by Gasteiger charge is -2.29. The molecule has 1 atom stereocenters. The smallest absolute Gasteiger partial charge is 0.295 e. The molecule has 1 N–H and O–H groups in total. The van der Waals surface area contributed by atoms with Crippen molar-refractivity contribution in [2.75, 3.05) is 46.5 Å². The minimum Gasteiger partial charge on any atom is -0.507 e. The van der Waals surface area contributed by atoms with Crippen LogP contribution in [-0.2, 0) is 14.3 Å². The Kier molecular flexibility index (Phi) is 7.42. The Morgan fingerprint density at radius 2 is 1.89 bits per heavy atom. The first kappa shape index (κ1) is 24.4. The largest absolute Gasteiger partial charge is 0.507 e. The molecule has 10 heteroatoms. The summed E-state index contributed by atoms with van der Waals surface area (Å²) in [7, 11) is 1.48. The van der Waals surface area contributed by atoms with Crippen molar-refractivity contribution >= 4 is 23.1 Å². The van der Waals surface area contributed by atoms with Crippen molar-refractivity contribution in [2.45, 2.75) is 12.5 Å². The van der Waals surface area contributed by atoms with E-state index in [0.717, 1.165) is 13.1 Å². The summed E-state index contributed by atoms with van der Waals surface area (Å²) < 4.78 is 10.6. The third-order valence-electron chi connectivity index (χ3n) is 6.26. The van der Waals surface area contributed by atoms with Crippen LogP contribution >= 0.6 is 0 Å². The van der Waals surface area contributed by atoms with Gasteiger partial charge < -0.3 is 19.5 Å². The van der Waals surface area contributed by atoms with Gasteiger partial charge in [-0.05, 0) is 24.1 Å². The van der Waals surface area contributed by atoms with Gasteiger partial charge >= 0.3 is 0 Å². The topological polar surface area (TPSA) is 122 Å². The van der Waals surface area contributed by atoms with Gasteiger partial charge in [-0.3, -0.25) is 24.6 Å². The summed E-state index contributed by atoms with van der Waals surface area (Å²) in [6.07, 6.45) is 0.595. The number of carbonyl (C=O) groups is 2. The van der Waals surface area contributed by atoms with E-state index in [1.165, 1.54) is 30.2 Å². The molecule has 2 saturated heterocycles. The number of nitro groups is 1. The monoisotopic (exact) mass is 481 g/mol. The molecule has 2 aliphatic rings. The first-order chi connectivity index (χ1) is 16.9. The van der Waals surface area contributed by atoms with Crippen molar-refractivity contribution < 1.29 is 29.1 Å². The summed E-state index contributed by atoms with van der Waals surface area (Å²) in [5.74, 6) is -1.45. The van der Waals surface area contributed by atoms with Crippen molar-refractivity contribution in [1.82, 2.24) is 9.80 Å². The van der Waals surface area contributed by atoms with Crippen LogP contribution in [0.3, 0.4) is 0 Å². The number of carbonyl (C=O) groups excluding carboxylic acids is 2. The van der Waals surface area contributed by atoms with Gasteiger partial charge in [0.1, 0.15) is 11.5 Å². The molecule has 0 radical (unpaired) electrons. The molecule has 1 amide bonds. The normalized spacial score (nSPS) is 20.3. The quantitative estimate of drug-likeness (QED) is 0.201. The highest BCUT2D eigenvalue weighted by Gasteiger charge is 2.46. The average molecular weight is 482 g/mol. The van der Waals surface area contributed by atoms with Gasteiger partial charge in [-0.2, -0.15) is 0 Å². The van der Waals surface area contributed by atoms with Gasteiger partial charge in [0, 0.05) is 43.9 Å². The first-order valence-electron chi connectivity index (χ1n) is 11.4. The summed E-state index contributed by atoms with van der Waals surface area (Å²) in [6, 6.07) is 11.4. The molecule has 35 heavy (non-hydrogen) atoms. The molecule has 0 aromatic heterocycles. The van der Waals surface area contributed by atoms with Crippen LogP contribution in [0.25, 0.3) is 5.76 Å². The maximum atomic E-state index is 13.2. The fourth-order valence-corrected chi connectivity index (χ4v) is 4.48. The van der Waals surface area contributed by atoms with E-state index in [4.69, 9.17) is 9.47 Å². The number of hydrogen-bond donors (Lipinski definition) is 1. The number of amides is 1. The van der Waals surface area contributed by atoms with E-state index in [2.05, 4.69) is 4.90 Å². The zero-order valence-corrected chi connectivity index (χ0v) is 19.4. The lowest BCUT2D eigenvalue weighted by Crippen LogP contribution is -2.39. The Labute approximate surface area is 202 Å². The fraction of sp³-hybridized carbons (Fsp3) is 0.360. The first-order valence-corrected chi connectivity index (χ1v) is 11.4. The van der Waals surface area contributed by atoms with E-state index in [0.29, 0.717) is 43.1 Å². The highest BCUT2D eigenvalue weighted by molar-refractivity contribution is 6.46. The summed E-state index contributed by atoms with van der Waals surface area (Å²) >= 11 is 0. The standard InChI is InChI=1S/C25H27N3O7/c1-34-20-8-3-6-18(16-20)23(29)21-22(17-5-2-7-19(15-17)28(32)33)27(25(31)24(21)30)10-4-9-26-11-13-35-14-12-26/h2-3,5-8,15-16,22,29H,4,9-14H2,1H3/t22-/m0/s1. The maximum absolute atomic E-state index is 13.2. The second-order valence-electron chi connectivity index (χ2n) is 8.38. The number of ether oxygens (including phenoxy) is 2. The summed E-state index contributed by atoms with van der Waals surface area (Å²) in [4.78, 5) is 40.7.